The summed E-state index contributed by atoms with van der Waals surface area (Å²) in [6.07, 6.45) is 2.48. The van der Waals surface area contributed by atoms with E-state index >= 15 is 0 Å². The van der Waals surface area contributed by atoms with Crippen molar-refractivity contribution in [3.05, 3.63) is 0 Å². The van der Waals surface area contributed by atoms with Crippen molar-refractivity contribution in [2.45, 2.75) is 31.8 Å². The Morgan fingerprint density at radius 3 is 2.69 bits per heavy atom. The molecule has 94 valence electrons. The normalized spacial score (nSPS) is 30.8. The number of ether oxygens (including phenoxy) is 1. The molecule has 2 N–H and O–H groups in total. The Morgan fingerprint density at radius 2 is 2.06 bits per heavy atom. The van der Waals surface area contributed by atoms with Crippen LogP contribution in [0, 0.1) is 0 Å². The van der Waals surface area contributed by atoms with Crippen LogP contribution in [0.25, 0.3) is 0 Å². The molecule has 0 aromatic heterocycles. The summed E-state index contributed by atoms with van der Waals surface area (Å²) in [5.74, 6) is 0. The topological polar surface area (TPSA) is 41.7 Å². The van der Waals surface area contributed by atoms with Crippen LogP contribution in [0.1, 0.15) is 19.8 Å². The molecule has 0 saturated carbocycles. The second-order valence-corrected chi connectivity index (χ2v) is 4.88. The predicted octanol–water partition coefficient (Wildman–Crippen LogP) is 0.130. The van der Waals surface area contributed by atoms with Crippen LogP contribution in [-0.4, -0.2) is 67.8 Å². The quantitative estimate of drug-likeness (QED) is 0.741. The Balaban J connectivity index is 1.82. The average molecular weight is 227 g/mol. The van der Waals surface area contributed by atoms with E-state index in [0.717, 1.165) is 38.9 Å². The van der Waals surface area contributed by atoms with Gasteiger partial charge in [-0.2, -0.15) is 0 Å². The SMILES string of the molecule is CCC(CN)N1CCC(N2CCOCC2)C1. The lowest BCUT2D eigenvalue weighted by Crippen LogP contribution is -2.46. The van der Waals surface area contributed by atoms with Gasteiger partial charge in [-0.05, 0) is 12.8 Å². The summed E-state index contributed by atoms with van der Waals surface area (Å²) < 4.78 is 5.40. The smallest absolute Gasteiger partial charge is 0.0594 e. The standard InChI is InChI=1S/C12H25N3O/c1-2-11(9-13)15-4-3-12(10-15)14-5-7-16-8-6-14/h11-12H,2-10,13H2,1H3. The molecule has 2 atom stereocenters. The van der Waals surface area contributed by atoms with Crippen LogP contribution in [0.4, 0.5) is 0 Å². The molecule has 0 aliphatic carbocycles. The minimum absolute atomic E-state index is 0.589. The zero-order valence-electron chi connectivity index (χ0n) is 10.4. The lowest BCUT2D eigenvalue weighted by Gasteiger charge is -2.33. The summed E-state index contributed by atoms with van der Waals surface area (Å²) >= 11 is 0. The fourth-order valence-electron chi connectivity index (χ4n) is 2.91. The molecule has 0 amide bonds. The number of nitrogens with zero attached hydrogens (tertiary/aromatic N) is 2. The summed E-state index contributed by atoms with van der Waals surface area (Å²) in [4.78, 5) is 5.16. The first-order chi connectivity index (χ1) is 7.85. The molecule has 2 aliphatic rings. The van der Waals surface area contributed by atoms with E-state index in [4.69, 9.17) is 10.5 Å². The zero-order valence-corrected chi connectivity index (χ0v) is 10.4. The molecule has 4 nitrogen and oxygen atoms in total. The summed E-state index contributed by atoms with van der Waals surface area (Å²) in [5, 5.41) is 0. The minimum Gasteiger partial charge on any atom is -0.379 e. The van der Waals surface area contributed by atoms with Crippen LogP contribution in [0.2, 0.25) is 0 Å². The van der Waals surface area contributed by atoms with E-state index in [1.54, 1.807) is 0 Å². The molecule has 0 aromatic carbocycles. The number of morpholine rings is 1. The highest BCUT2D eigenvalue weighted by Crippen LogP contribution is 2.19. The maximum absolute atomic E-state index is 5.81. The van der Waals surface area contributed by atoms with E-state index in [1.807, 2.05) is 0 Å². The molecule has 4 heteroatoms. The van der Waals surface area contributed by atoms with Crippen LogP contribution in [0.3, 0.4) is 0 Å². The van der Waals surface area contributed by atoms with E-state index in [-0.39, 0.29) is 0 Å². The largest absolute Gasteiger partial charge is 0.379 e. The molecule has 0 radical (unpaired) electrons. The van der Waals surface area contributed by atoms with Gasteiger partial charge in [-0.25, -0.2) is 0 Å². The predicted molar refractivity (Wildman–Crippen MR) is 65.5 cm³/mol. The molecule has 2 rings (SSSR count). The first-order valence-electron chi connectivity index (χ1n) is 6.61. The van der Waals surface area contributed by atoms with Crippen LogP contribution in [0.15, 0.2) is 0 Å². The Kier molecular flexibility index (Phi) is 4.58. The van der Waals surface area contributed by atoms with Crippen molar-refractivity contribution in [2.24, 2.45) is 5.73 Å². The molecule has 2 saturated heterocycles. The van der Waals surface area contributed by atoms with E-state index < -0.39 is 0 Å². The van der Waals surface area contributed by atoms with Gasteiger partial charge >= 0.3 is 0 Å². The van der Waals surface area contributed by atoms with Gasteiger partial charge in [0, 0.05) is 44.8 Å². The molecular formula is C12H25N3O. The van der Waals surface area contributed by atoms with Crippen molar-refractivity contribution in [3.63, 3.8) is 0 Å². The number of hydrogen-bond acceptors (Lipinski definition) is 4. The number of hydrogen-bond donors (Lipinski definition) is 1. The molecule has 2 aliphatic heterocycles. The average Bonchev–Trinajstić information content (AvgIpc) is 2.81. The molecule has 0 bridgehead atoms. The third kappa shape index (κ3) is 2.74. The monoisotopic (exact) mass is 227 g/mol. The maximum Gasteiger partial charge on any atom is 0.0594 e. The fourth-order valence-corrected chi connectivity index (χ4v) is 2.91. The molecular weight excluding hydrogens is 202 g/mol. The Labute approximate surface area is 98.7 Å². The van der Waals surface area contributed by atoms with Crippen molar-refractivity contribution < 1.29 is 4.74 Å². The van der Waals surface area contributed by atoms with Gasteiger partial charge in [0.05, 0.1) is 13.2 Å². The highest BCUT2D eigenvalue weighted by molar-refractivity contribution is 4.87. The van der Waals surface area contributed by atoms with Crippen molar-refractivity contribution in [2.75, 3.05) is 45.9 Å². The lowest BCUT2D eigenvalue weighted by atomic mass is 10.2. The van der Waals surface area contributed by atoms with Gasteiger partial charge in [0.25, 0.3) is 0 Å². The van der Waals surface area contributed by atoms with Crippen molar-refractivity contribution in [1.82, 2.24) is 9.80 Å². The van der Waals surface area contributed by atoms with Crippen LogP contribution in [-0.2, 0) is 4.74 Å². The fraction of sp³-hybridized carbons (Fsp3) is 1.00. The number of rotatable bonds is 4. The number of likely N-dealkylation sites (tertiary alicyclic amines) is 1. The highest BCUT2D eigenvalue weighted by Gasteiger charge is 2.31. The molecule has 0 aromatic rings. The molecule has 2 heterocycles. The van der Waals surface area contributed by atoms with Gasteiger partial charge in [0.2, 0.25) is 0 Å². The second-order valence-electron chi connectivity index (χ2n) is 4.88. The third-order valence-electron chi connectivity index (χ3n) is 4.02. The Bertz CT molecular complexity index is 202. The zero-order chi connectivity index (χ0) is 11.4. The highest BCUT2D eigenvalue weighted by atomic mass is 16.5. The minimum atomic E-state index is 0.589. The van der Waals surface area contributed by atoms with Crippen molar-refractivity contribution in [1.29, 1.82) is 0 Å². The van der Waals surface area contributed by atoms with Gasteiger partial charge in [0.1, 0.15) is 0 Å². The van der Waals surface area contributed by atoms with Gasteiger partial charge < -0.3 is 10.5 Å². The summed E-state index contributed by atoms with van der Waals surface area (Å²) in [6.45, 7) is 9.49. The molecule has 0 spiro atoms. The first kappa shape index (κ1) is 12.3. The Morgan fingerprint density at radius 1 is 1.31 bits per heavy atom. The Hall–Kier alpha value is -0.160. The summed E-state index contributed by atoms with van der Waals surface area (Å²) in [6, 6.07) is 1.33. The molecule has 2 unspecified atom stereocenters. The van der Waals surface area contributed by atoms with Gasteiger partial charge in [-0.1, -0.05) is 6.92 Å². The van der Waals surface area contributed by atoms with Gasteiger partial charge in [-0.3, -0.25) is 9.80 Å². The van der Waals surface area contributed by atoms with Crippen molar-refractivity contribution in [3.8, 4) is 0 Å². The van der Waals surface area contributed by atoms with Crippen LogP contribution in [0.5, 0.6) is 0 Å². The maximum atomic E-state index is 5.81. The lowest BCUT2D eigenvalue weighted by molar-refractivity contribution is 0.0176. The summed E-state index contributed by atoms with van der Waals surface area (Å²) in [5.41, 5.74) is 5.81. The second kappa shape index (κ2) is 5.96. The molecule has 16 heavy (non-hydrogen) atoms. The van der Waals surface area contributed by atoms with E-state index in [9.17, 15) is 0 Å². The van der Waals surface area contributed by atoms with Gasteiger partial charge in [0.15, 0.2) is 0 Å². The van der Waals surface area contributed by atoms with Crippen molar-refractivity contribution >= 4 is 0 Å². The van der Waals surface area contributed by atoms with E-state index in [2.05, 4.69) is 16.7 Å². The third-order valence-corrected chi connectivity index (χ3v) is 4.02. The van der Waals surface area contributed by atoms with E-state index in [0.29, 0.717) is 6.04 Å². The van der Waals surface area contributed by atoms with Crippen LogP contribution >= 0.6 is 0 Å². The molecule has 2 fully saturated rings. The number of nitrogens with two attached hydrogens (primary N) is 1. The summed E-state index contributed by atoms with van der Waals surface area (Å²) in [7, 11) is 0. The first-order valence-corrected chi connectivity index (χ1v) is 6.61. The van der Waals surface area contributed by atoms with Crippen LogP contribution < -0.4 is 5.73 Å². The van der Waals surface area contributed by atoms with E-state index in [1.165, 1.54) is 25.9 Å². The van der Waals surface area contributed by atoms with Gasteiger partial charge in [-0.15, -0.1) is 0 Å².